The summed E-state index contributed by atoms with van der Waals surface area (Å²) in [5.74, 6) is 1.26. The maximum absolute atomic E-state index is 5.77. The van der Waals surface area contributed by atoms with Gasteiger partial charge in [0, 0.05) is 16.7 Å². The fraction of sp³-hybridized carbons (Fsp3) is 0.481. The first kappa shape index (κ1) is 22.1. The van der Waals surface area contributed by atoms with Crippen LogP contribution in [-0.2, 0) is 11.2 Å². The number of aromatic nitrogens is 1. The Morgan fingerprint density at radius 1 is 1.25 bits per heavy atom. The number of epoxide rings is 1. The molecule has 3 atom stereocenters. The molecule has 1 aliphatic carbocycles. The molecule has 32 heavy (non-hydrogen) atoms. The molecular weight excluding hydrogens is 432 g/mol. The van der Waals surface area contributed by atoms with Gasteiger partial charge in [0.25, 0.3) is 0 Å². The molecule has 3 aliphatic rings. The van der Waals surface area contributed by atoms with E-state index in [1.807, 2.05) is 6.20 Å². The molecule has 2 aliphatic heterocycles. The van der Waals surface area contributed by atoms with E-state index >= 15 is 0 Å². The van der Waals surface area contributed by atoms with Crippen molar-refractivity contribution in [3.63, 3.8) is 0 Å². The summed E-state index contributed by atoms with van der Waals surface area (Å²) in [6.45, 7) is 9.88. The molecule has 5 heteroatoms. The summed E-state index contributed by atoms with van der Waals surface area (Å²) in [6.07, 6.45) is 8.32. The van der Waals surface area contributed by atoms with Gasteiger partial charge in [0.2, 0.25) is 0 Å². The van der Waals surface area contributed by atoms with Gasteiger partial charge in [-0.15, -0.1) is 0 Å². The van der Waals surface area contributed by atoms with Crippen LogP contribution in [-0.4, -0.2) is 39.0 Å². The minimum absolute atomic E-state index is 0.270. The van der Waals surface area contributed by atoms with E-state index in [1.165, 1.54) is 34.4 Å². The minimum atomic E-state index is 0.270. The Kier molecular flexibility index (Phi) is 6.17. The van der Waals surface area contributed by atoms with Crippen molar-refractivity contribution >= 4 is 34.4 Å². The van der Waals surface area contributed by atoms with Gasteiger partial charge in [0.15, 0.2) is 0 Å². The van der Waals surface area contributed by atoms with Crippen LogP contribution in [0.5, 0.6) is 0 Å². The predicted molar refractivity (Wildman–Crippen MR) is 139 cm³/mol. The Morgan fingerprint density at radius 3 is 2.62 bits per heavy atom. The van der Waals surface area contributed by atoms with Crippen molar-refractivity contribution in [2.45, 2.75) is 71.1 Å². The number of nitrogens with zero attached hydrogens (tertiary/aromatic N) is 2. The van der Waals surface area contributed by atoms with Gasteiger partial charge in [-0.3, -0.25) is 4.98 Å². The number of ether oxygens (including phenoxy) is 1. The average molecular weight is 465 g/mol. The van der Waals surface area contributed by atoms with Crippen molar-refractivity contribution in [3.8, 4) is 11.3 Å². The Balaban J connectivity index is 1.36. The second kappa shape index (κ2) is 8.92. The van der Waals surface area contributed by atoms with Gasteiger partial charge >= 0.3 is 0 Å². The van der Waals surface area contributed by atoms with Crippen LogP contribution < -0.4 is 0 Å². The Morgan fingerprint density at radius 2 is 2.03 bits per heavy atom. The molecule has 1 saturated carbocycles. The molecule has 3 heterocycles. The zero-order chi connectivity index (χ0) is 22.4. The molecular formula is C27H32N2OS2. The summed E-state index contributed by atoms with van der Waals surface area (Å²) in [6, 6.07) is 11.8. The highest BCUT2D eigenvalue weighted by molar-refractivity contribution is 8.26. The lowest BCUT2D eigenvalue weighted by molar-refractivity contribution is 0.186. The van der Waals surface area contributed by atoms with Crippen LogP contribution in [0, 0.1) is 5.92 Å². The first-order chi connectivity index (χ1) is 15.5. The van der Waals surface area contributed by atoms with E-state index in [1.54, 1.807) is 11.8 Å². The second-order valence-electron chi connectivity index (χ2n) is 9.62. The lowest BCUT2D eigenvalue weighted by Crippen LogP contribution is -2.46. The van der Waals surface area contributed by atoms with Crippen molar-refractivity contribution in [2.75, 3.05) is 6.61 Å². The fourth-order valence-electron chi connectivity index (χ4n) is 4.92. The number of hydrogen-bond donors (Lipinski definition) is 0. The SMILES string of the molecule is CCc1ccc(-c2ccc(C=C3SC(=S)N(C(C(C)C)C4CO4)C3C)cn2)cc1C1CC1. The van der Waals surface area contributed by atoms with E-state index in [0.29, 0.717) is 18.1 Å². The van der Waals surface area contributed by atoms with Crippen LogP contribution in [0.1, 0.15) is 63.1 Å². The number of thioether (sulfide) groups is 1. The normalized spacial score (nSPS) is 25.1. The number of hydrogen-bond acceptors (Lipinski definition) is 4. The van der Waals surface area contributed by atoms with Crippen LogP contribution in [0.3, 0.4) is 0 Å². The Hall–Kier alpha value is -1.69. The summed E-state index contributed by atoms with van der Waals surface area (Å²) < 4.78 is 6.62. The lowest BCUT2D eigenvalue weighted by atomic mass is 9.97. The molecule has 168 valence electrons. The fourth-order valence-corrected chi connectivity index (χ4v) is 6.56. The van der Waals surface area contributed by atoms with Crippen molar-refractivity contribution in [2.24, 2.45) is 5.92 Å². The molecule has 3 fully saturated rings. The molecule has 3 unspecified atom stereocenters. The van der Waals surface area contributed by atoms with Crippen molar-refractivity contribution in [1.82, 2.24) is 9.88 Å². The van der Waals surface area contributed by atoms with E-state index < -0.39 is 0 Å². The number of thiocarbonyl (C=S) groups is 1. The largest absolute Gasteiger partial charge is 0.371 e. The quantitative estimate of drug-likeness (QED) is 0.337. The van der Waals surface area contributed by atoms with E-state index in [9.17, 15) is 0 Å². The van der Waals surface area contributed by atoms with Crippen LogP contribution >= 0.6 is 24.0 Å². The van der Waals surface area contributed by atoms with E-state index in [2.05, 4.69) is 69.0 Å². The minimum Gasteiger partial charge on any atom is -0.371 e. The third-order valence-corrected chi connectivity index (χ3v) is 8.47. The second-order valence-corrected chi connectivity index (χ2v) is 11.3. The molecule has 0 bridgehead atoms. The van der Waals surface area contributed by atoms with Gasteiger partial charge in [-0.25, -0.2) is 0 Å². The average Bonchev–Trinajstić information content (AvgIpc) is 3.69. The molecule has 3 nitrogen and oxygen atoms in total. The Bertz CT molecular complexity index is 1040. The molecule has 0 radical (unpaired) electrons. The summed E-state index contributed by atoms with van der Waals surface area (Å²) in [5, 5.41) is 0. The molecule has 5 rings (SSSR count). The number of benzene rings is 1. The topological polar surface area (TPSA) is 28.7 Å². The summed E-state index contributed by atoms with van der Waals surface area (Å²) in [5.41, 5.74) is 6.42. The summed E-state index contributed by atoms with van der Waals surface area (Å²) >= 11 is 7.49. The van der Waals surface area contributed by atoms with Gasteiger partial charge in [-0.2, -0.15) is 0 Å². The molecule has 0 amide bonds. The number of pyridine rings is 1. The lowest BCUT2D eigenvalue weighted by Gasteiger charge is -2.34. The Labute approximate surface area is 201 Å². The number of aryl methyl sites for hydroxylation is 1. The summed E-state index contributed by atoms with van der Waals surface area (Å²) in [7, 11) is 0. The van der Waals surface area contributed by atoms with E-state index in [-0.39, 0.29) is 6.04 Å². The monoisotopic (exact) mass is 464 g/mol. The maximum atomic E-state index is 5.77. The van der Waals surface area contributed by atoms with Crippen LogP contribution in [0.25, 0.3) is 17.3 Å². The van der Waals surface area contributed by atoms with Crippen LogP contribution in [0.2, 0.25) is 0 Å². The highest BCUT2D eigenvalue weighted by Gasteiger charge is 2.45. The zero-order valence-corrected chi connectivity index (χ0v) is 21.0. The molecule has 1 aromatic carbocycles. The first-order valence-corrected chi connectivity index (χ1v) is 13.1. The third kappa shape index (κ3) is 4.40. The number of rotatable bonds is 7. The highest BCUT2D eigenvalue weighted by atomic mass is 32.2. The van der Waals surface area contributed by atoms with E-state index in [4.69, 9.17) is 21.9 Å². The molecule has 0 N–H and O–H groups in total. The van der Waals surface area contributed by atoms with Crippen molar-refractivity contribution < 1.29 is 4.74 Å². The van der Waals surface area contributed by atoms with Gasteiger partial charge in [-0.05, 0) is 72.9 Å². The van der Waals surface area contributed by atoms with Crippen LogP contribution in [0.15, 0.2) is 41.4 Å². The molecule has 1 aromatic heterocycles. The first-order valence-electron chi connectivity index (χ1n) is 11.9. The molecule has 2 aromatic rings. The molecule has 2 saturated heterocycles. The zero-order valence-electron chi connectivity index (χ0n) is 19.4. The predicted octanol–water partition coefficient (Wildman–Crippen LogP) is 6.67. The van der Waals surface area contributed by atoms with Gasteiger partial charge < -0.3 is 9.64 Å². The van der Waals surface area contributed by atoms with Gasteiger partial charge in [0.05, 0.1) is 24.4 Å². The van der Waals surface area contributed by atoms with Crippen molar-refractivity contribution in [3.05, 3.63) is 58.1 Å². The van der Waals surface area contributed by atoms with Crippen LogP contribution in [0.4, 0.5) is 0 Å². The van der Waals surface area contributed by atoms with E-state index in [0.717, 1.165) is 34.5 Å². The standard InChI is InChI=1S/C27H32N2OS2/c1-5-19-7-10-21(13-22(19)20-8-9-20)23-11-6-18(14-28-23)12-25-17(4)29(27(31)32-25)26(16(2)3)24-15-30-24/h6-7,10-14,16-17,20,24,26H,5,8-9,15H2,1-4H3. The van der Waals surface area contributed by atoms with Crippen molar-refractivity contribution in [1.29, 1.82) is 0 Å². The third-order valence-electron chi connectivity index (χ3n) is 6.92. The summed E-state index contributed by atoms with van der Waals surface area (Å²) in [4.78, 5) is 8.50. The van der Waals surface area contributed by atoms with Gasteiger partial charge in [-0.1, -0.05) is 63.0 Å². The highest BCUT2D eigenvalue weighted by Crippen LogP contribution is 2.43. The maximum Gasteiger partial charge on any atom is 0.141 e. The smallest absolute Gasteiger partial charge is 0.141 e. The molecule has 0 spiro atoms. The van der Waals surface area contributed by atoms with Gasteiger partial charge in [0.1, 0.15) is 10.4 Å².